The van der Waals surface area contributed by atoms with Gasteiger partial charge in [-0.25, -0.2) is 8.42 Å². The monoisotopic (exact) mass is 396 g/mol. The van der Waals surface area contributed by atoms with Crippen molar-refractivity contribution in [3.05, 3.63) is 83.8 Å². The van der Waals surface area contributed by atoms with E-state index in [-0.39, 0.29) is 22.4 Å². The van der Waals surface area contributed by atoms with Crippen LogP contribution in [0.3, 0.4) is 0 Å². The Labute approximate surface area is 163 Å². The molecule has 0 unspecified atom stereocenters. The minimum absolute atomic E-state index is 0.0995. The summed E-state index contributed by atoms with van der Waals surface area (Å²) in [5, 5.41) is 2.82. The van der Waals surface area contributed by atoms with Gasteiger partial charge in [0, 0.05) is 12.1 Å². The lowest BCUT2D eigenvalue weighted by atomic mass is 10.2. The van der Waals surface area contributed by atoms with Crippen molar-refractivity contribution in [1.82, 2.24) is 5.32 Å². The number of nitrogens with zero attached hydrogens (tertiary/aromatic N) is 1. The summed E-state index contributed by atoms with van der Waals surface area (Å²) in [5.74, 6) is 0.272. The molecule has 1 atom stereocenters. The van der Waals surface area contributed by atoms with Gasteiger partial charge in [-0.2, -0.15) is 0 Å². The second-order valence-corrected chi connectivity index (χ2v) is 8.56. The topological polar surface area (TPSA) is 79.6 Å². The predicted octanol–water partition coefficient (Wildman–Crippen LogP) is 3.52. The van der Waals surface area contributed by atoms with Crippen LogP contribution in [0, 0.1) is 0 Å². The highest BCUT2D eigenvalue weighted by molar-refractivity contribution is 7.92. The Balaban J connectivity index is 1.59. The molecular weight excluding hydrogens is 376 g/mol. The number of furan rings is 1. The number of anilines is 1. The number of benzene rings is 2. The van der Waals surface area contributed by atoms with Crippen molar-refractivity contribution in [1.29, 1.82) is 0 Å². The van der Waals surface area contributed by atoms with Crippen molar-refractivity contribution < 1.29 is 17.6 Å². The summed E-state index contributed by atoms with van der Waals surface area (Å²) >= 11 is 0. The van der Waals surface area contributed by atoms with Crippen LogP contribution in [0.2, 0.25) is 0 Å². The average molecular weight is 396 g/mol. The zero-order valence-electron chi connectivity index (χ0n) is 15.3. The summed E-state index contributed by atoms with van der Waals surface area (Å²) in [6.07, 6.45) is 2.22. The van der Waals surface area contributed by atoms with Crippen LogP contribution in [0.5, 0.6) is 0 Å². The SMILES string of the molecule is C[C@@H](NC(=O)c1cccc(S(=O)(=O)N2CCc3ccccc32)c1)c1ccco1. The van der Waals surface area contributed by atoms with Crippen LogP contribution in [0.4, 0.5) is 5.69 Å². The Morgan fingerprint density at radius 3 is 2.71 bits per heavy atom. The summed E-state index contributed by atoms with van der Waals surface area (Å²) in [7, 11) is -3.74. The van der Waals surface area contributed by atoms with Gasteiger partial charge in [0.05, 0.1) is 22.9 Å². The fourth-order valence-corrected chi connectivity index (χ4v) is 4.92. The molecule has 3 aromatic rings. The number of fused-ring (bicyclic) bond motifs is 1. The van der Waals surface area contributed by atoms with Crippen LogP contribution >= 0.6 is 0 Å². The molecule has 0 saturated heterocycles. The summed E-state index contributed by atoms with van der Waals surface area (Å²) in [6, 6.07) is 16.8. The molecule has 2 heterocycles. The van der Waals surface area contributed by atoms with Gasteiger partial charge >= 0.3 is 0 Å². The quantitative estimate of drug-likeness (QED) is 0.716. The number of carbonyl (C=O) groups excluding carboxylic acids is 1. The van der Waals surface area contributed by atoms with Crippen molar-refractivity contribution in [2.45, 2.75) is 24.3 Å². The lowest BCUT2D eigenvalue weighted by Gasteiger charge is -2.20. The summed E-state index contributed by atoms with van der Waals surface area (Å²) in [5.41, 5.74) is 1.99. The second-order valence-electron chi connectivity index (χ2n) is 6.69. The molecule has 0 radical (unpaired) electrons. The lowest BCUT2D eigenvalue weighted by Crippen LogP contribution is -2.30. The molecule has 0 saturated carbocycles. The van der Waals surface area contributed by atoms with Crippen LogP contribution in [-0.4, -0.2) is 20.9 Å². The number of hydrogen-bond acceptors (Lipinski definition) is 4. The fourth-order valence-electron chi connectivity index (χ4n) is 3.37. The second kappa shape index (κ2) is 7.16. The summed E-state index contributed by atoms with van der Waals surface area (Å²) < 4.78 is 33.0. The van der Waals surface area contributed by atoms with Crippen molar-refractivity contribution in [2.24, 2.45) is 0 Å². The first kappa shape index (κ1) is 18.3. The summed E-state index contributed by atoms with van der Waals surface area (Å²) in [6.45, 7) is 2.20. The van der Waals surface area contributed by atoms with E-state index in [0.29, 0.717) is 24.4 Å². The largest absolute Gasteiger partial charge is 0.467 e. The van der Waals surface area contributed by atoms with E-state index < -0.39 is 10.0 Å². The Morgan fingerprint density at radius 1 is 1.11 bits per heavy atom. The van der Waals surface area contributed by atoms with Crippen molar-refractivity contribution >= 4 is 21.6 Å². The predicted molar refractivity (Wildman–Crippen MR) is 106 cm³/mol. The van der Waals surface area contributed by atoms with E-state index in [2.05, 4.69) is 5.32 Å². The minimum atomic E-state index is -3.74. The van der Waals surface area contributed by atoms with Crippen LogP contribution in [0.1, 0.15) is 34.6 Å². The standard InChI is InChI=1S/C21H20N2O4S/c1-15(20-10-5-13-27-20)22-21(24)17-7-4-8-18(14-17)28(25,26)23-12-11-16-6-2-3-9-19(16)23/h2-10,13-15H,11-12H2,1H3,(H,22,24)/t15-/m1/s1. The van der Waals surface area contributed by atoms with Crippen molar-refractivity contribution in [2.75, 3.05) is 10.8 Å². The van der Waals surface area contributed by atoms with Gasteiger partial charge in [-0.05, 0) is 55.3 Å². The zero-order chi connectivity index (χ0) is 19.7. The highest BCUT2D eigenvalue weighted by atomic mass is 32.2. The Morgan fingerprint density at radius 2 is 1.93 bits per heavy atom. The van der Waals surface area contributed by atoms with Crippen molar-refractivity contribution in [3.63, 3.8) is 0 Å². The Bertz CT molecular complexity index is 1110. The van der Waals surface area contributed by atoms with Gasteiger partial charge in [0.2, 0.25) is 0 Å². The third-order valence-corrected chi connectivity index (χ3v) is 6.66. The first-order chi connectivity index (χ1) is 13.5. The molecule has 7 heteroatoms. The van der Waals surface area contributed by atoms with Gasteiger partial charge in [-0.15, -0.1) is 0 Å². The minimum Gasteiger partial charge on any atom is -0.467 e. The van der Waals surface area contributed by atoms with Crippen LogP contribution in [0.15, 0.2) is 76.2 Å². The van der Waals surface area contributed by atoms with Crippen LogP contribution < -0.4 is 9.62 Å². The van der Waals surface area contributed by atoms with Gasteiger partial charge in [0.25, 0.3) is 15.9 Å². The smallest absolute Gasteiger partial charge is 0.264 e. The maximum atomic E-state index is 13.2. The van der Waals surface area contributed by atoms with E-state index >= 15 is 0 Å². The molecule has 0 spiro atoms. The molecule has 1 N–H and O–H groups in total. The highest BCUT2D eigenvalue weighted by Crippen LogP contribution is 2.32. The molecule has 2 aromatic carbocycles. The molecule has 0 aliphatic carbocycles. The summed E-state index contributed by atoms with van der Waals surface area (Å²) in [4.78, 5) is 12.7. The van der Waals surface area contributed by atoms with E-state index in [0.717, 1.165) is 5.56 Å². The van der Waals surface area contributed by atoms with Gasteiger partial charge in [-0.3, -0.25) is 9.10 Å². The molecule has 0 fully saturated rings. The highest BCUT2D eigenvalue weighted by Gasteiger charge is 2.31. The van der Waals surface area contributed by atoms with Gasteiger partial charge < -0.3 is 9.73 Å². The maximum absolute atomic E-state index is 13.2. The molecule has 1 amide bonds. The third kappa shape index (κ3) is 3.29. The molecule has 1 aliphatic heterocycles. The van der Waals surface area contributed by atoms with Crippen molar-refractivity contribution in [3.8, 4) is 0 Å². The molecule has 0 bridgehead atoms. The number of sulfonamides is 1. The molecule has 4 rings (SSSR count). The average Bonchev–Trinajstić information content (AvgIpc) is 3.38. The fraction of sp³-hybridized carbons (Fsp3) is 0.190. The number of carbonyl (C=O) groups is 1. The molecular formula is C21H20N2O4S. The van der Waals surface area contributed by atoms with Crippen LogP contribution in [0.25, 0.3) is 0 Å². The molecule has 28 heavy (non-hydrogen) atoms. The van der Waals surface area contributed by atoms with E-state index in [1.54, 1.807) is 37.5 Å². The Hall–Kier alpha value is -3.06. The van der Waals surface area contributed by atoms with Gasteiger partial charge in [0.15, 0.2) is 0 Å². The first-order valence-electron chi connectivity index (χ1n) is 9.02. The molecule has 144 valence electrons. The van der Waals surface area contributed by atoms with Gasteiger partial charge in [-0.1, -0.05) is 24.3 Å². The van der Waals surface area contributed by atoms with E-state index in [1.807, 2.05) is 24.3 Å². The molecule has 6 nitrogen and oxygen atoms in total. The van der Waals surface area contributed by atoms with E-state index in [9.17, 15) is 13.2 Å². The number of amides is 1. The normalized spacial score (nSPS) is 14.5. The lowest BCUT2D eigenvalue weighted by molar-refractivity contribution is 0.0935. The number of nitrogens with one attached hydrogen (secondary N) is 1. The number of hydrogen-bond donors (Lipinski definition) is 1. The third-order valence-electron chi connectivity index (χ3n) is 4.85. The van der Waals surface area contributed by atoms with Crippen LogP contribution in [-0.2, 0) is 16.4 Å². The molecule has 1 aliphatic rings. The van der Waals surface area contributed by atoms with E-state index in [1.165, 1.54) is 16.4 Å². The van der Waals surface area contributed by atoms with Gasteiger partial charge in [0.1, 0.15) is 5.76 Å². The van der Waals surface area contributed by atoms with E-state index in [4.69, 9.17) is 4.42 Å². The number of para-hydroxylation sites is 1. The first-order valence-corrected chi connectivity index (χ1v) is 10.5. The molecule has 1 aromatic heterocycles. The maximum Gasteiger partial charge on any atom is 0.264 e. The zero-order valence-corrected chi connectivity index (χ0v) is 16.1. The number of rotatable bonds is 5. The Kier molecular flexibility index (Phi) is 4.68.